The van der Waals surface area contributed by atoms with E-state index in [1.54, 1.807) is 4.90 Å². The molecule has 0 aliphatic carbocycles. The molecular weight excluding hydrogens is 260 g/mol. The van der Waals surface area contributed by atoms with Crippen LogP contribution >= 0.6 is 0 Å². The molecule has 21 heavy (non-hydrogen) atoms. The molecule has 3 heteroatoms. The van der Waals surface area contributed by atoms with Crippen molar-refractivity contribution in [3.05, 3.63) is 65.2 Å². The number of carbonyl (C=O) groups is 1. The quantitative estimate of drug-likeness (QED) is 0.917. The van der Waals surface area contributed by atoms with Gasteiger partial charge in [0.2, 0.25) is 5.91 Å². The van der Waals surface area contributed by atoms with Crippen LogP contribution in [0, 0.1) is 6.92 Å². The van der Waals surface area contributed by atoms with Gasteiger partial charge in [-0.2, -0.15) is 0 Å². The summed E-state index contributed by atoms with van der Waals surface area (Å²) in [5.41, 5.74) is 4.65. The first-order chi connectivity index (χ1) is 10.2. The Morgan fingerprint density at radius 3 is 2.52 bits per heavy atom. The number of nitrogens with zero attached hydrogens (tertiary/aromatic N) is 1. The number of hydrogen-bond acceptors (Lipinski definition) is 2. The number of aryl methyl sites for hydroxylation is 1. The molecule has 2 aromatic carbocycles. The molecule has 1 aliphatic rings. The zero-order valence-corrected chi connectivity index (χ0v) is 12.5. The zero-order valence-electron chi connectivity index (χ0n) is 12.5. The summed E-state index contributed by atoms with van der Waals surface area (Å²) in [4.78, 5) is 14.5. The number of fused-ring (bicyclic) bond motifs is 1. The van der Waals surface area contributed by atoms with E-state index in [4.69, 9.17) is 0 Å². The molecule has 2 aromatic rings. The van der Waals surface area contributed by atoms with E-state index in [-0.39, 0.29) is 11.9 Å². The molecule has 0 bridgehead atoms. The van der Waals surface area contributed by atoms with Crippen molar-refractivity contribution in [2.24, 2.45) is 0 Å². The van der Waals surface area contributed by atoms with Crippen LogP contribution in [0.1, 0.15) is 16.7 Å². The Morgan fingerprint density at radius 1 is 1.10 bits per heavy atom. The first-order valence-corrected chi connectivity index (χ1v) is 7.30. The first-order valence-electron chi connectivity index (χ1n) is 7.30. The molecule has 0 saturated carbocycles. The summed E-state index contributed by atoms with van der Waals surface area (Å²) in [6.45, 7) is 2.79. The lowest BCUT2D eigenvalue weighted by Crippen LogP contribution is -2.48. The van der Waals surface area contributed by atoms with Crippen molar-refractivity contribution in [2.45, 2.75) is 25.9 Å². The van der Waals surface area contributed by atoms with E-state index in [0.29, 0.717) is 0 Å². The zero-order chi connectivity index (χ0) is 14.8. The Morgan fingerprint density at radius 2 is 1.76 bits per heavy atom. The van der Waals surface area contributed by atoms with Gasteiger partial charge >= 0.3 is 0 Å². The highest BCUT2D eigenvalue weighted by Crippen LogP contribution is 2.21. The van der Waals surface area contributed by atoms with E-state index >= 15 is 0 Å². The largest absolute Gasteiger partial charge is 0.314 e. The Hall–Kier alpha value is -2.13. The van der Waals surface area contributed by atoms with E-state index in [1.807, 2.05) is 50.4 Å². The monoisotopic (exact) mass is 280 g/mol. The molecule has 0 aromatic heterocycles. The molecule has 3 nitrogen and oxygen atoms in total. The molecule has 1 atom stereocenters. The lowest BCUT2D eigenvalue weighted by Gasteiger charge is -2.29. The fourth-order valence-corrected chi connectivity index (χ4v) is 2.92. The van der Waals surface area contributed by atoms with Gasteiger partial charge in [0.05, 0.1) is 6.04 Å². The molecular formula is C18H20N2O. The maximum Gasteiger partial charge on any atom is 0.244 e. The average molecular weight is 280 g/mol. The second kappa shape index (κ2) is 5.70. The summed E-state index contributed by atoms with van der Waals surface area (Å²) in [5.74, 6) is 0.124. The normalized spacial score (nSPS) is 17.1. The van der Waals surface area contributed by atoms with Gasteiger partial charge < -0.3 is 10.2 Å². The molecule has 0 spiro atoms. The van der Waals surface area contributed by atoms with E-state index in [1.165, 1.54) is 11.1 Å². The fourth-order valence-electron chi connectivity index (χ4n) is 2.92. The Bertz CT molecular complexity index is 666. The minimum Gasteiger partial charge on any atom is -0.314 e. The number of rotatable bonds is 2. The van der Waals surface area contributed by atoms with Crippen molar-refractivity contribution in [1.82, 2.24) is 5.32 Å². The van der Waals surface area contributed by atoms with Crippen LogP contribution in [-0.4, -0.2) is 19.0 Å². The van der Waals surface area contributed by atoms with E-state index < -0.39 is 0 Å². The lowest BCUT2D eigenvalue weighted by molar-refractivity contribution is -0.120. The topological polar surface area (TPSA) is 32.3 Å². The molecule has 1 N–H and O–H groups in total. The average Bonchev–Trinajstić information content (AvgIpc) is 2.53. The number of hydrogen-bond donors (Lipinski definition) is 1. The highest BCUT2D eigenvalue weighted by molar-refractivity contribution is 5.97. The van der Waals surface area contributed by atoms with Crippen molar-refractivity contribution in [1.29, 1.82) is 0 Å². The summed E-state index contributed by atoms with van der Waals surface area (Å²) >= 11 is 0. The van der Waals surface area contributed by atoms with Crippen molar-refractivity contribution in [2.75, 3.05) is 11.9 Å². The second-order valence-corrected chi connectivity index (χ2v) is 5.59. The SMILES string of the molecule is Cc1ccccc1N(C)C(=O)[C@H]1Cc2ccccc2CN1. The summed E-state index contributed by atoms with van der Waals surface area (Å²) in [5, 5.41) is 3.35. The minimum atomic E-state index is -0.149. The predicted molar refractivity (Wildman–Crippen MR) is 85.4 cm³/mol. The van der Waals surface area contributed by atoms with Crippen molar-refractivity contribution >= 4 is 11.6 Å². The second-order valence-electron chi connectivity index (χ2n) is 5.59. The van der Waals surface area contributed by atoms with Crippen molar-refractivity contribution in [3.63, 3.8) is 0 Å². The van der Waals surface area contributed by atoms with Crippen LogP contribution in [0.3, 0.4) is 0 Å². The maximum atomic E-state index is 12.7. The number of benzene rings is 2. The molecule has 1 amide bonds. The van der Waals surface area contributed by atoms with Gasteiger partial charge in [0, 0.05) is 19.3 Å². The number of anilines is 1. The van der Waals surface area contributed by atoms with Crippen molar-refractivity contribution < 1.29 is 4.79 Å². The molecule has 3 rings (SSSR count). The summed E-state index contributed by atoms with van der Waals surface area (Å²) in [6.07, 6.45) is 0.755. The van der Waals surface area contributed by atoms with Crippen LogP contribution in [0.25, 0.3) is 0 Å². The predicted octanol–water partition coefficient (Wildman–Crippen LogP) is 2.67. The van der Waals surface area contributed by atoms with Crippen LogP contribution in [-0.2, 0) is 17.8 Å². The highest BCUT2D eigenvalue weighted by Gasteiger charge is 2.27. The van der Waals surface area contributed by atoms with E-state index in [9.17, 15) is 4.79 Å². The first kappa shape index (κ1) is 13.8. The van der Waals surface area contributed by atoms with Gasteiger partial charge in [0.1, 0.15) is 0 Å². The Labute approximate surface area is 125 Å². The third kappa shape index (κ3) is 2.69. The van der Waals surface area contributed by atoms with Gasteiger partial charge in [0.25, 0.3) is 0 Å². The summed E-state index contributed by atoms with van der Waals surface area (Å²) < 4.78 is 0. The van der Waals surface area contributed by atoms with Gasteiger partial charge in [-0.1, -0.05) is 42.5 Å². The van der Waals surface area contributed by atoms with E-state index in [2.05, 4.69) is 17.4 Å². The van der Waals surface area contributed by atoms with E-state index in [0.717, 1.165) is 24.2 Å². The van der Waals surface area contributed by atoms with Crippen molar-refractivity contribution in [3.8, 4) is 0 Å². The number of amides is 1. The number of likely N-dealkylation sites (N-methyl/N-ethyl adjacent to an activating group) is 1. The van der Waals surface area contributed by atoms with Gasteiger partial charge in [-0.15, -0.1) is 0 Å². The highest BCUT2D eigenvalue weighted by atomic mass is 16.2. The molecule has 1 aliphatic heterocycles. The smallest absolute Gasteiger partial charge is 0.244 e. The maximum absolute atomic E-state index is 12.7. The van der Waals surface area contributed by atoms with Crippen LogP contribution in [0.2, 0.25) is 0 Å². The number of carbonyl (C=O) groups excluding carboxylic acids is 1. The summed E-state index contributed by atoms with van der Waals surface area (Å²) in [7, 11) is 1.85. The molecule has 0 fully saturated rings. The molecule has 1 heterocycles. The van der Waals surface area contributed by atoms with Gasteiger partial charge in [-0.05, 0) is 36.1 Å². The lowest BCUT2D eigenvalue weighted by atomic mass is 9.95. The Kier molecular flexibility index (Phi) is 3.76. The van der Waals surface area contributed by atoms with Crippen LogP contribution < -0.4 is 10.2 Å². The molecule has 0 unspecified atom stereocenters. The van der Waals surface area contributed by atoms with Gasteiger partial charge in [-0.3, -0.25) is 4.79 Å². The number of para-hydroxylation sites is 1. The Balaban J connectivity index is 1.79. The molecule has 108 valence electrons. The summed E-state index contributed by atoms with van der Waals surface area (Å²) in [6, 6.07) is 16.1. The van der Waals surface area contributed by atoms with Gasteiger partial charge in [-0.25, -0.2) is 0 Å². The van der Waals surface area contributed by atoms with Crippen LogP contribution in [0.15, 0.2) is 48.5 Å². The number of nitrogens with one attached hydrogen (secondary N) is 1. The third-order valence-electron chi connectivity index (χ3n) is 4.19. The standard InChI is InChI=1S/C18H20N2O/c1-13-7-3-6-10-17(13)20(2)18(21)16-11-14-8-4-5-9-15(14)12-19-16/h3-10,16,19H,11-12H2,1-2H3/t16-/m1/s1. The van der Waals surface area contributed by atoms with Gasteiger partial charge in [0.15, 0.2) is 0 Å². The van der Waals surface area contributed by atoms with Crippen LogP contribution in [0.4, 0.5) is 5.69 Å². The molecule has 0 saturated heterocycles. The fraction of sp³-hybridized carbons (Fsp3) is 0.278. The minimum absolute atomic E-state index is 0.124. The third-order valence-corrected chi connectivity index (χ3v) is 4.19. The van der Waals surface area contributed by atoms with Crippen LogP contribution in [0.5, 0.6) is 0 Å². The molecule has 0 radical (unpaired) electrons.